The van der Waals surface area contributed by atoms with Crippen molar-refractivity contribution < 1.29 is 4.39 Å². The van der Waals surface area contributed by atoms with Crippen LogP contribution in [-0.4, -0.2) is 31.4 Å². The van der Waals surface area contributed by atoms with Gasteiger partial charge < -0.3 is 0 Å². The Balaban J connectivity index is 1.51. The van der Waals surface area contributed by atoms with Gasteiger partial charge in [0.15, 0.2) is 5.82 Å². The summed E-state index contributed by atoms with van der Waals surface area (Å²) >= 11 is 0. The molecule has 0 saturated heterocycles. The molecule has 3 aromatic heterocycles. The summed E-state index contributed by atoms with van der Waals surface area (Å²) < 4.78 is 13.3. The Morgan fingerprint density at radius 1 is 1.20 bits per heavy atom. The van der Waals surface area contributed by atoms with Gasteiger partial charge in [0.25, 0.3) is 0 Å². The normalized spacial score (nSPS) is 14.3. The third-order valence-electron chi connectivity index (χ3n) is 4.41. The van der Waals surface area contributed by atoms with Gasteiger partial charge in [-0.3, -0.25) is 9.88 Å². The molecule has 6 heteroatoms. The number of hydrogen-bond donors (Lipinski definition) is 0. The Bertz CT molecular complexity index is 898. The molecule has 0 aromatic carbocycles. The molecule has 0 bridgehead atoms. The third-order valence-corrected chi connectivity index (χ3v) is 4.41. The van der Waals surface area contributed by atoms with Crippen LogP contribution < -0.4 is 0 Å². The molecule has 0 saturated carbocycles. The van der Waals surface area contributed by atoms with E-state index in [1.54, 1.807) is 25.5 Å². The van der Waals surface area contributed by atoms with Gasteiger partial charge in [-0.15, -0.1) is 0 Å². The lowest BCUT2D eigenvalue weighted by molar-refractivity contribution is 0.242. The highest BCUT2D eigenvalue weighted by molar-refractivity contribution is 5.53. The summed E-state index contributed by atoms with van der Waals surface area (Å²) in [7, 11) is 0. The highest BCUT2D eigenvalue weighted by atomic mass is 19.1. The van der Waals surface area contributed by atoms with Crippen molar-refractivity contribution in [3.8, 4) is 11.4 Å². The van der Waals surface area contributed by atoms with Crippen molar-refractivity contribution in [3.63, 3.8) is 0 Å². The molecule has 126 valence electrons. The van der Waals surface area contributed by atoms with Gasteiger partial charge in [-0.05, 0) is 30.7 Å². The lowest BCUT2D eigenvalue weighted by atomic mass is 10.1. The Hall–Kier alpha value is -2.73. The fraction of sp³-hybridized carbons (Fsp3) is 0.263. The maximum absolute atomic E-state index is 13.3. The second-order valence-electron chi connectivity index (χ2n) is 6.32. The van der Waals surface area contributed by atoms with E-state index >= 15 is 0 Å². The molecule has 0 aliphatic carbocycles. The molecule has 0 N–H and O–H groups in total. The minimum atomic E-state index is -0.399. The van der Waals surface area contributed by atoms with Gasteiger partial charge in [0, 0.05) is 67.5 Å². The van der Waals surface area contributed by atoms with Crippen LogP contribution in [0.3, 0.4) is 0 Å². The summed E-state index contributed by atoms with van der Waals surface area (Å²) in [6, 6.07) is 5.71. The van der Waals surface area contributed by atoms with Crippen LogP contribution in [0.1, 0.15) is 22.4 Å². The van der Waals surface area contributed by atoms with Crippen molar-refractivity contribution in [2.24, 2.45) is 0 Å². The molecule has 1 aliphatic rings. The zero-order chi connectivity index (χ0) is 17.2. The van der Waals surface area contributed by atoms with Gasteiger partial charge in [0.2, 0.25) is 5.95 Å². The smallest absolute Gasteiger partial charge is 0.215 e. The number of aromatic nitrogens is 4. The van der Waals surface area contributed by atoms with Crippen LogP contribution in [0.25, 0.3) is 11.4 Å². The average molecular weight is 335 g/mol. The molecule has 1 aliphatic heterocycles. The molecule has 5 nitrogen and oxygen atoms in total. The molecule has 0 amide bonds. The Morgan fingerprint density at radius 2 is 2.12 bits per heavy atom. The van der Waals surface area contributed by atoms with Crippen LogP contribution in [0.2, 0.25) is 0 Å². The summed E-state index contributed by atoms with van der Waals surface area (Å²) in [6.07, 6.45) is 7.91. The zero-order valence-electron chi connectivity index (χ0n) is 14.0. The first-order valence-electron chi connectivity index (χ1n) is 8.27. The molecule has 0 spiro atoms. The molecule has 3 aromatic rings. The summed E-state index contributed by atoms with van der Waals surface area (Å²) in [4.78, 5) is 19.4. The number of halogens is 1. The van der Waals surface area contributed by atoms with E-state index < -0.39 is 5.95 Å². The average Bonchev–Trinajstić information content (AvgIpc) is 2.65. The first kappa shape index (κ1) is 15.8. The van der Waals surface area contributed by atoms with Crippen molar-refractivity contribution >= 4 is 0 Å². The van der Waals surface area contributed by atoms with Gasteiger partial charge in [0.1, 0.15) is 0 Å². The van der Waals surface area contributed by atoms with Gasteiger partial charge >= 0.3 is 0 Å². The van der Waals surface area contributed by atoms with Gasteiger partial charge in [-0.2, -0.15) is 4.39 Å². The lowest BCUT2D eigenvalue weighted by Crippen LogP contribution is -2.31. The number of pyridine rings is 2. The van der Waals surface area contributed by atoms with Crippen LogP contribution in [0.5, 0.6) is 0 Å². The van der Waals surface area contributed by atoms with E-state index in [1.165, 1.54) is 0 Å². The lowest BCUT2D eigenvalue weighted by Gasteiger charge is -2.28. The summed E-state index contributed by atoms with van der Waals surface area (Å²) in [6.45, 7) is 4.19. The first-order chi connectivity index (χ1) is 12.2. The van der Waals surface area contributed by atoms with Crippen LogP contribution in [0.15, 0.2) is 43.0 Å². The number of nitrogens with zero attached hydrogens (tertiary/aromatic N) is 5. The largest absolute Gasteiger partial charge is 0.294 e. The molecule has 0 radical (unpaired) electrons. The summed E-state index contributed by atoms with van der Waals surface area (Å²) in [5.74, 6) is 0.322. The molecule has 4 heterocycles. The third kappa shape index (κ3) is 3.39. The monoisotopic (exact) mass is 335 g/mol. The minimum Gasteiger partial charge on any atom is -0.294 e. The van der Waals surface area contributed by atoms with Gasteiger partial charge in [-0.25, -0.2) is 15.0 Å². The molecular weight excluding hydrogens is 317 g/mol. The van der Waals surface area contributed by atoms with E-state index in [1.807, 2.05) is 24.4 Å². The molecule has 0 fully saturated rings. The van der Waals surface area contributed by atoms with Crippen molar-refractivity contribution in [2.75, 3.05) is 6.54 Å². The maximum Gasteiger partial charge on any atom is 0.215 e. The Morgan fingerprint density at radius 3 is 2.92 bits per heavy atom. The van der Waals surface area contributed by atoms with Gasteiger partial charge in [0.05, 0.1) is 5.69 Å². The van der Waals surface area contributed by atoms with Crippen molar-refractivity contribution in [2.45, 2.75) is 26.4 Å². The topological polar surface area (TPSA) is 54.8 Å². The summed E-state index contributed by atoms with van der Waals surface area (Å²) in [5, 5.41) is 0. The van der Waals surface area contributed by atoms with Crippen LogP contribution in [-0.2, 0) is 19.5 Å². The highest BCUT2D eigenvalue weighted by Gasteiger charge is 2.19. The summed E-state index contributed by atoms with van der Waals surface area (Å²) in [5.41, 5.74) is 4.78. The van der Waals surface area contributed by atoms with Crippen LogP contribution >= 0.6 is 0 Å². The standard InChI is InChI=1S/C19H18FN5/c1-13-7-14(8-22-18(13)20)11-25-6-4-17-16(12-25)10-23-19(24-17)15-3-2-5-21-9-15/h2-3,5,7-10H,4,6,11-12H2,1H3. The number of rotatable bonds is 3. The number of aryl methyl sites for hydroxylation is 1. The van der Waals surface area contributed by atoms with Gasteiger partial charge in [-0.1, -0.05) is 0 Å². The van der Waals surface area contributed by atoms with Crippen LogP contribution in [0.4, 0.5) is 4.39 Å². The van der Waals surface area contributed by atoms with Crippen LogP contribution in [0, 0.1) is 12.9 Å². The minimum absolute atomic E-state index is 0.399. The molecule has 0 atom stereocenters. The quantitative estimate of drug-likeness (QED) is 0.689. The number of hydrogen-bond acceptors (Lipinski definition) is 5. The van der Waals surface area contributed by atoms with E-state index in [0.29, 0.717) is 5.56 Å². The maximum atomic E-state index is 13.3. The van der Waals surface area contributed by atoms with E-state index in [2.05, 4.69) is 19.9 Å². The van der Waals surface area contributed by atoms with E-state index in [4.69, 9.17) is 4.98 Å². The SMILES string of the molecule is Cc1cc(CN2CCc3nc(-c4cccnc4)ncc3C2)cnc1F. The first-order valence-corrected chi connectivity index (χ1v) is 8.27. The predicted octanol–water partition coefficient (Wildman–Crippen LogP) is 2.94. The van der Waals surface area contributed by atoms with Crippen molar-refractivity contribution in [1.82, 2.24) is 24.8 Å². The van der Waals surface area contributed by atoms with E-state index in [9.17, 15) is 4.39 Å². The molecular formula is C19H18FN5. The van der Waals surface area contributed by atoms with E-state index in [-0.39, 0.29) is 0 Å². The second-order valence-corrected chi connectivity index (χ2v) is 6.32. The second kappa shape index (κ2) is 6.64. The zero-order valence-corrected chi connectivity index (χ0v) is 14.0. The number of fused-ring (bicyclic) bond motifs is 1. The van der Waals surface area contributed by atoms with Crippen molar-refractivity contribution in [3.05, 3.63) is 71.3 Å². The molecule has 25 heavy (non-hydrogen) atoms. The Labute approximate surface area is 145 Å². The van der Waals surface area contributed by atoms with E-state index in [0.717, 1.165) is 54.3 Å². The fourth-order valence-electron chi connectivity index (χ4n) is 3.10. The highest BCUT2D eigenvalue weighted by Crippen LogP contribution is 2.22. The molecule has 4 rings (SSSR count). The Kier molecular flexibility index (Phi) is 4.19. The predicted molar refractivity (Wildman–Crippen MR) is 92.0 cm³/mol. The van der Waals surface area contributed by atoms with Crippen molar-refractivity contribution in [1.29, 1.82) is 0 Å². The fourth-order valence-corrected chi connectivity index (χ4v) is 3.10. The molecule has 0 unspecified atom stereocenters.